The van der Waals surface area contributed by atoms with Gasteiger partial charge in [0.05, 0.1) is 12.1 Å². The molecule has 0 unspecified atom stereocenters. The van der Waals surface area contributed by atoms with Crippen molar-refractivity contribution in [3.05, 3.63) is 102 Å². The van der Waals surface area contributed by atoms with Gasteiger partial charge in [0.1, 0.15) is 0 Å². The minimum atomic E-state index is 0.295. The van der Waals surface area contributed by atoms with Crippen molar-refractivity contribution in [3.63, 3.8) is 0 Å². The van der Waals surface area contributed by atoms with E-state index in [0.717, 1.165) is 0 Å². The summed E-state index contributed by atoms with van der Waals surface area (Å²) in [7, 11) is 0. The molecule has 0 amide bonds. The van der Waals surface area contributed by atoms with Gasteiger partial charge < -0.3 is 4.90 Å². The zero-order valence-corrected chi connectivity index (χ0v) is 14.7. The van der Waals surface area contributed by atoms with Crippen LogP contribution in [0.1, 0.15) is 42.6 Å². The number of hydrogen-bond donors (Lipinski definition) is 0. The first-order valence-corrected chi connectivity index (χ1v) is 8.61. The Labute approximate surface area is 145 Å². The molecule has 0 aliphatic carbocycles. The average Bonchev–Trinajstić information content (AvgIpc) is 2.64. The average molecular weight is 315 g/mol. The first kappa shape index (κ1) is 16.3. The summed E-state index contributed by atoms with van der Waals surface area (Å²) in [6.07, 6.45) is 0. The van der Waals surface area contributed by atoms with Gasteiger partial charge in [0, 0.05) is 5.69 Å². The molecule has 1 nitrogen and oxygen atoms in total. The van der Waals surface area contributed by atoms with E-state index in [1.807, 2.05) is 0 Å². The Bertz CT molecular complexity index is 702. The van der Waals surface area contributed by atoms with Crippen LogP contribution < -0.4 is 4.90 Å². The molecule has 0 heterocycles. The van der Waals surface area contributed by atoms with Crippen LogP contribution in [-0.2, 0) is 0 Å². The number of rotatable bonds is 5. The predicted octanol–water partition coefficient (Wildman–Crippen LogP) is 6.32. The van der Waals surface area contributed by atoms with E-state index < -0.39 is 0 Å². The van der Waals surface area contributed by atoms with Crippen LogP contribution in [0.15, 0.2) is 84.9 Å². The molecule has 0 saturated heterocycles. The van der Waals surface area contributed by atoms with E-state index in [-0.39, 0.29) is 0 Å². The summed E-state index contributed by atoms with van der Waals surface area (Å²) in [5.41, 5.74) is 5.22. The molecule has 0 aromatic heterocycles. The smallest absolute Gasteiger partial charge is 0.0520 e. The maximum atomic E-state index is 2.50. The third-order valence-electron chi connectivity index (χ3n) is 4.73. The fourth-order valence-corrected chi connectivity index (χ4v) is 3.28. The number of aryl methyl sites for hydroxylation is 1. The van der Waals surface area contributed by atoms with E-state index >= 15 is 0 Å². The molecule has 0 saturated carbocycles. The van der Waals surface area contributed by atoms with Gasteiger partial charge >= 0.3 is 0 Å². The molecule has 0 fully saturated rings. The monoisotopic (exact) mass is 315 g/mol. The maximum Gasteiger partial charge on any atom is 0.0520 e. The first-order valence-electron chi connectivity index (χ1n) is 8.61. The van der Waals surface area contributed by atoms with Crippen LogP contribution in [0.4, 0.5) is 5.69 Å². The topological polar surface area (TPSA) is 3.24 Å². The normalized spacial score (nSPS) is 13.3. The highest BCUT2D eigenvalue weighted by atomic mass is 15.2. The van der Waals surface area contributed by atoms with Crippen molar-refractivity contribution in [2.24, 2.45) is 0 Å². The van der Waals surface area contributed by atoms with Crippen molar-refractivity contribution < 1.29 is 0 Å². The van der Waals surface area contributed by atoms with Crippen LogP contribution in [-0.4, -0.2) is 0 Å². The Balaban J connectivity index is 2.02. The van der Waals surface area contributed by atoms with Gasteiger partial charge in [-0.15, -0.1) is 0 Å². The van der Waals surface area contributed by atoms with Gasteiger partial charge in [-0.25, -0.2) is 0 Å². The SMILES string of the molecule is Cc1ccc(N([C@H](C)c2ccccc2)[C@H](C)c2ccccc2)cc1. The molecule has 0 aliphatic heterocycles. The number of anilines is 1. The Kier molecular flexibility index (Phi) is 5.00. The summed E-state index contributed by atoms with van der Waals surface area (Å²) in [5, 5.41) is 0. The zero-order valence-electron chi connectivity index (χ0n) is 14.7. The van der Waals surface area contributed by atoms with Crippen LogP contribution in [0.5, 0.6) is 0 Å². The fourth-order valence-electron chi connectivity index (χ4n) is 3.28. The van der Waals surface area contributed by atoms with Crippen LogP contribution in [0, 0.1) is 6.92 Å². The van der Waals surface area contributed by atoms with Crippen LogP contribution in [0.3, 0.4) is 0 Å². The number of nitrogens with zero attached hydrogens (tertiary/aromatic N) is 1. The highest BCUT2D eigenvalue weighted by molar-refractivity contribution is 5.52. The summed E-state index contributed by atoms with van der Waals surface area (Å²) in [6, 6.07) is 30.9. The van der Waals surface area contributed by atoms with Crippen LogP contribution >= 0.6 is 0 Å². The second kappa shape index (κ2) is 7.35. The van der Waals surface area contributed by atoms with E-state index in [4.69, 9.17) is 0 Å². The summed E-state index contributed by atoms with van der Waals surface area (Å²) in [5.74, 6) is 0. The molecule has 24 heavy (non-hydrogen) atoms. The van der Waals surface area contributed by atoms with E-state index in [2.05, 4.69) is 111 Å². The highest BCUT2D eigenvalue weighted by Crippen LogP contribution is 2.35. The number of hydrogen-bond acceptors (Lipinski definition) is 1. The second-order valence-corrected chi connectivity index (χ2v) is 6.42. The van der Waals surface area contributed by atoms with Crippen molar-refractivity contribution in [2.45, 2.75) is 32.9 Å². The molecule has 1 heteroatoms. The van der Waals surface area contributed by atoms with Gasteiger partial charge in [0.2, 0.25) is 0 Å². The molecule has 3 aromatic carbocycles. The Morgan fingerprint density at radius 2 is 1.00 bits per heavy atom. The third kappa shape index (κ3) is 3.51. The van der Waals surface area contributed by atoms with Crippen molar-refractivity contribution in [1.82, 2.24) is 0 Å². The summed E-state index contributed by atoms with van der Waals surface area (Å²) in [6.45, 7) is 6.71. The standard InChI is InChI=1S/C23H25N/c1-18-14-16-23(17-15-18)24(19(2)21-10-6-4-7-11-21)20(3)22-12-8-5-9-13-22/h4-17,19-20H,1-3H3/t19-,20-/m1/s1. The minimum Gasteiger partial charge on any atom is -0.358 e. The van der Waals surface area contributed by atoms with Gasteiger partial charge in [-0.1, -0.05) is 78.4 Å². The van der Waals surface area contributed by atoms with Crippen molar-refractivity contribution >= 4 is 5.69 Å². The Morgan fingerprint density at radius 1 is 0.583 bits per heavy atom. The van der Waals surface area contributed by atoms with Crippen molar-refractivity contribution in [3.8, 4) is 0 Å². The lowest BCUT2D eigenvalue weighted by Crippen LogP contribution is -2.30. The molecule has 0 radical (unpaired) electrons. The molecule has 2 atom stereocenters. The van der Waals surface area contributed by atoms with Gasteiger partial charge in [0.15, 0.2) is 0 Å². The Hall–Kier alpha value is -2.54. The minimum absolute atomic E-state index is 0.295. The molecule has 0 aliphatic rings. The Morgan fingerprint density at radius 3 is 1.42 bits per heavy atom. The van der Waals surface area contributed by atoms with Gasteiger partial charge in [-0.3, -0.25) is 0 Å². The van der Waals surface area contributed by atoms with Crippen molar-refractivity contribution in [1.29, 1.82) is 0 Å². The van der Waals surface area contributed by atoms with E-state index in [0.29, 0.717) is 12.1 Å². The van der Waals surface area contributed by atoms with Crippen LogP contribution in [0.25, 0.3) is 0 Å². The van der Waals surface area contributed by atoms with Gasteiger partial charge in [0.25, 0.3) is 0 Å². The molecule has 0 bridgehead atoms. The molecular weight excluding hydrogens is 290 g/mol. The van der Waals surface area contributed by atoms with E-state index in [9.17, 15) is 0 Å². The van der Waals surface area contributed by atoms with E-state index in [1.54, 1.807) is 0 Å². The highest BCUT2D eigenvalue weighted by Gasteiger charge is 2.23. The zero-order chi connectivity index (χ0) is 16.9. The summed E-state index contributed by atoms with van der Waals surface area (Å²) in [4.78, 5) is 2.50. The molecule has 0 N–H and O–H groups in total. The van der Waals surface area contributed by atoms with Gasteiger partial charge in [-0.05, 0) is 44.0 Å². The lowest BCUT2D eigenvalue weighted by molar-refractivity contribution is 0.586. The largest absolute Gasteiger partial charge is 0.358 e. The second-order valence-electron chi connectivity index (χ2n) is 6.42. The lowest BCUT2D eigenvalue weighted by Gasteiger charge is -2.37. The number of benzene rings is 3. The molecule has 3 aromatic rings. The quantitative estimate of drug-likeness (QED) is 0.532. The summed E-state index contributed by atoms with van der Waals surface area (Å²) >= 11 is 0. The van der Waals surface area contributed by atoms with Gasteiger partial charge in [-0.2, -0.15) is 0 Å². The fraction of sp³-hybridized carbons (Fsp3) is 0.217. The third-order valence-corrected chi connectivity index (χ3v) is 4.73. The molecule has 122 valence electrons. The van der Waals surface area contributed by atoms with Crippen molar-refractivity contribution in [2.75, 3.05) is 4.90 Å². The van der Waals surface area contributed by atoms with E-state index in [1.165, 1.54) is 22.4 Å². The van der Waals surface area contributed by atoms with Crippen LogP contribution in [0.2, 0.25) is 0 Å². The molecule has 3 rings (SSSR count). The lowest BCUT2D eigenvalue weighted by atomic mass is 10.00. The molecular formula is C23H25N. The summed E-state index contributed by atoms with van der Waals surface area (Å²) < 4.78 is 0. The maximum absolute atomic E-state index is 2.50. The first-order chi connectivity index (χ1) is 11.7. The predicted molar refractivity (Wildman–Crippen MR) is 103 cm³/mol. The molecule has 0 spiro atoms.